The van der Waals surface area contributed by atoms with Gasteiger partial charge in [-0.25, -0.2) is 0 Å². The summed E-state index contributed by atoms with van der Waals surface area (Å²) < 4.78 is 28.1. The molecule has 1 saturated carbocycles. The van der Waals surface area contributed by atoms with E-state index in [1.54, 1.807) is 6.92 Å². The second-order valence-electron chi connectivity index (χ2n) is 3.88. The number of nitrogens with one attached hydrogen (secondary N) is 1. The highest BCUT2D eigenvalue weighted by Crippen LogP contribution is 2.52. The Labute approximate surface area is 90.9 Å². The Hall–Kier alpha value is 0.160. The maximum atomic E-state index is 11.6. The first kappa shape index (κ1) is 12.2. The molecule has 1 N–H and O–H groups in total. The van der Waals surface area contributed by atoms with Crippen LogP contribution in [-0.4, -0.2) is 33.4 Å². The monoisotopic (exact) mass is 241 g/mol. The van der Waals surface area contributed by atoms with E-state index in [1.807, 2.05) is 0 Å². The van der Waals surface area contributed by atoms with Gasteiger partial charge in [0.25, 0.3) is 10.1 Å². The minimum atomic E-state index is -3.32. The summed E-state index contributed by atoms with van der Waals surface area (Å²) in [6, 6.07) is 0. The maximum absolute atomic E-state index is 11.6. The van der Waals surface area contributed by atoms with Crippen LogP contribution in [0.25, 0.3) is 0 Å². The van der Waals surface area contributed by atoms with Crippen LogP contribution in [0.3, 0.4) is 0 Å². The highest BCUT2D eigenvalue weighted by molar-refractivity contribution is 7.87. The van der Waals surface area contributed by atoms with Gasteiger partial charge in [-0.2, -0.15) is 8.42 Å². The average Bonchev–Trinajstić information content (AvgIpc) is 2.61. The molecular weight excluding hydrogens is 226 g/mol. The molecule has 1 aliphatic carbocycles. The normalized spacial score (nSPS) is 28.8. The van der Waals surface area contributed by atoms with E-state index in [2.05, 4.69) is 5.32 Å². The molecule has 2 rings (SSSR count). The number of hydrogen-bond acceptors (Lipinski definition) is 4. The number of rotatable bonds is 3. The van der Waals surface area contributed by atoms with Crippen LogP contribution in [0.4, 0.5) is 0 Å². The fourth-order valence-electron chi connectivity index (χ4n) is 2.10. The molecule has 1 saturated heterocycles. The van der Waals surface area contributed by atoms with Crippen molar-refractivity contribution in [3.8, 4) is 0 Å². The molecular formula is C8H16ClNO3S. The highest BCUT2D eigenvalue weighted by atomic mass is 35.5. The van der Waals surface area contributed by atoms with E-state index in [0.29, 0.717) is 6.54 Å². The first-order chi connectivity index (χ1) is 6.11. The minimum absolute atomic E-state index is 0. The van der Waals surface area contributed by atoms with Gasteiger partial charge in [0.15, 0.2) is 0 Å². The van der Waals surface area contributed by atoms with Gasteiger partial charge < -0.3 is 5.32 Å². The van der Waals surface area contributed by atoms with Crippen molar-refractivity contribution < 1.29 is 12.6 Å². The fraction of sp³-hybridized carbons (Fsp3) is 1.00. The Morgan fingerprint density at radius 3 is 2.64 bits per heavy atom. The Morgan fingerprint density at radius 2 is 2.14 bits per heavy atom. The fourth-order valence-corrected chi connectivity index (χ4v) is 3.84. The molecule has 1 spiro atoms. The molecule has 2 fully saturated rings. The molecule has 6 heteroatoms. The van der Waals surface area contributed by atoms with Crippen molar-refractivity contribution in [1.82, 2.24) is 5.32 Å². The molecule has 0 aromatic heterocycles. The molecule has 1 aliphatic heterocycles. The van der Waals surface area contributed by atoms with Crippen molar-refractivity contribution in [3.63, 3.8) is 0 Å². The third-order valence-corrected chi connectivity index (χ3v) is 4.94. The predicted molar refractivity (Wildman–Crippen MR) is 56.1 cm³/mol. The van der Waals surface area contributed by atoms with E-state index >= 15 is 0 Å². The zero-order chi connectivity index (χ0) is 9.53. The summed E-state index contributed by atoms with van der Waals surface area (Å²) in [5.41, 5.74) is 0.0218. The van der Waals surface area contributed by atoms with E-state index < -0.39 is 10.1 Å². The van der Waals surface area contributed by atoms with Gasteiger partial charge in [-0.1, -0.05) is 0 Å². The van der Waals surface area contributed by atoms with Gasteiger partial charge >= 0.3 is 0 Å². The third-order valence-electron chi connectivity index (χ3n) is 3.01. The standard InChI is InChI=1S/C8H15NO3S.ClH/c1-2-12-13(10,11)7-5-9-6-8(7)3-4-8;/h7,9H,2-6H2,1H3;1H. The molecule has 1 unspecified atom stereocenters. The minimum Gasteiger partial charge on any atom is -0.315 e. The summed E-state index contributed by atoms with van der Waals surface area (Å²) in [6.45, 7) is 3.35. The lowest BCUT2D eigenvalue weighted by atomic mass is 10.1. The molecule has 2 aliphatic rings. The van der Waals surface area contributed by atoms with Crippen LogP contribution in [0.15, 0.2) is 0 Å². The van der Waals surface area contributed by atoms with Crippen molar-refractivity contribution in [2.45, 2.75) is 25.0 Å². The van der Waals surface area contributed by atoms with Gasteiger partial charge in [0.1, 0.15) is 5.25 Å². The first-order valence-corrected chi connectivity index (χ1v) is 6.17. The van der Waals surface area contributed by atoms with Crippen LogP contribution in [0, 0.1) is 5.41 Å². The first-order valence-electron chi connectivity index (χ1n) is 4.70. The number of hydrogen-bond donors (Lipinski definition) is 1. The van der Waals surface area contributed by atoms with Gasteiger partial charge in [0.2, 0.25) is 0 Å². The van der Waals surface area contributed by atoms with Crippen LogP contribution in [0.1, 0.15) is 19.8 Å². The SMILES string of the molecule is CCOS(=O)(=O)C1CNCC12CC2.Cl. The molecule has 0 amide bonds. The van der Waals surface area contributed by atoms with Gasteiger partial charge in [0, 0.05) is 18.5 Å². The predicted octanol–water partition coefficient (Wildman–Crippen LogP) is 0.526. The number of halogens is 1. The smallest absolute Gasteiger partial charge is 0.272 e. The van der Waals surface area contributed by atoms with Crippen LogP contribution in [0.2, 0.25) is 0 Å². The Balaban J connectivity index is 0.000000980. The molecule has 84 valence electrons. The van der Waals surface area contributed by atoms with Gasteiger partial charge in [-0.3, -0.25) is 4.18 Å². The summed E-state index contributed by atoms with van der Waals surface area (Å²) in [5.74, 6) is 0. The van der Waals surface area contributed by atoms with Gasteiger partial charge in [-0.05, 0) is 19.8 Å². The van der Waals surface area contributed by atoms with Crippen molar-refractivity contribution >= 4 is 22.5 Å². The molecule has 4 nitrogen and oxygen atoms in total. The molecule has 0 radical (unpaired) electrons. The van der Waals surface area contributed by atoms with Crippen molar-refractivity contribution in [1.29, 1.82) is 0 Å². The molecule has 0 bridgehead atoms. The van der Waals surface area contributed by atoms with Crippen molar-refractivity contribution in [3.05, 3.63) is 0 Å². The van der Waals surface area contributed by atoms with Crippen molar-refractivity contribution in [2.75, 3.05) is 19.7 Å². The lowest BCUT2D eigenvalue weighted by Gasteiger charge is -2.16. The zero-order valence-electron chi connectivity index (χ0n) is 8.15. The largest absolute Gasteiger partial charge is 0.315 e. The van der Waals surface area contributed by atoms with Crippen LogP contribution in [0.5, 0.6) is 0 Å². The van der Waals surface area contributed by atoms with E-state index in [9.17, 15) is 8.42 Å². The van der Waals surface area contributed by atoms with E-state index in [4.69, 9.17) is 4.18 Å². The Kier molecular flexibility index (Phi) is 3.46. The lowest BCUT2D eigenvalue weighted by molar-refractivity contribution is 0.324. The van der Waals surface area contributed by atoms with Crippen molar-refractivity contribution in [2.24, 2.45) is 5.41 Å². The van der Waals surface area contributed by atoms with E-state index in [1.165, 1.54) is 0 Å². The highest BCUT2D eigenvalue weighted by Gasteiger charge is 2.57. The molecule has 0 aromatic carbocycles. The maximum Gasteiger partial charge on any atom is 0.272 e. The summed E-state index contributed by atoms with van der Waals surface area (Å²) in [4.78, 5) is 0. The topological polar surface area (TPSA) is 55.4 Å². The summed E-state index contributed by atoms with van der Waals surface area (Å²) in [6.07, 6.45) is 2.05. The second kappa shape index (κ2) is 3.96. The quantitative estimate of drug-likeness (QED) is 0.733. The van der Waals surface area contributed by atoms with Crippen LogP contribution >= 0.6 is 12.4 Å². The summed E-state index contributed by atoms with van der Waals surface area (Å²) in [5, 5.41) is 2.82. The van der Waals surface area contributed by atoms with E-state index in [0.717, 1.165) is 19.4 Å². The van der Waals surface area contributed by atoms with Gasteiger partial charge in [-0.15, -0.1) is 12.4 Å². The summed E-state index contributed by atoms with van der Waals surface area (Å²) in [7, 11) is -3.32. The lowest BCUT2D eigenvalue weighted by Crippen LogP contribution is -2.32. The van der Waals surface area contributed by atoms with Gasteiger partial charge in [0.05, 0.1) is 6.61 Å². The second-order valence-corrected chi connectivity index (χ2v) is 5.67. The third kappa shape index (κ3) is 1.91. The average molecular weight is 242 g/mol. The van der Waals surface area contributed by atoms with Crippen LogP contribution < -0.4 is 5.32 Å². The van der Waals surface area contributed by atoms with Crippen LogP contribution in [-0.2, 0) is 14.3 Å². The molecule has 14 heavy (non-hydrogen) atoms. The molecule has 0 aromatic rings. The van der Waals surface area contributed by atoms with E-state index in [-0.39, 0.29) is 29.7 Å². The summed E-state index contributed by atoms with van der Waals surface area (Å²) >= 11 is 0. The Morgan fingerprint density at radius 1 is 1.50 bits per heavy atom. The zero-order valence-corrected chi connectivity index (χ0v) is 9.79. The molecule has 1 heterocycles. The molecule has 1 atom stereocenters. The Bertz CT molecular complexity index is 300.